The van der Waals surface area contributed by atoms with Gasteiger partial charge in [0, 0.05) is 0 Å². The molecule has 0 aliphatic carbocycles. The predicted octanol–water partition coefficient (Wildman–Crippen LogP) is 0.506. The average molecular weight is 304 g/mol. The molecule has 9 heteroatoms. The first-order valence-electron chi connectivity index (χ1n) is 5.73. The second kappa shape index (κ2) is 6.60. The van der Waals surface area contributed by atoms with Gasteiger partial charge in [0.15, 0.2) is 0 Å². The van der Waals surface area contributed by atoms with Gasteiger partial charge >= 0.3 is 0 Å². The smallest absolute Gasteiger partial charge is 0.300 e. The van der Waals surface area contributed by atoms with Crippen molar-refractivity contribution < 1.29 is 19.9 Å². The van der Waals surface area contributed by atoms with Crippen molar-refractivity contribution in [3.05, 3.63) is 33.1 Å². The molecule has 0 fully saturated rings. The van der Waals surface area contributed by atoms with Gasteiger partial charge < -0.3 is 15.5 Å². The largest absolute Gasteiger partial charge is 0.394 e. The van der Waals surface area contributed by atoms with E-state index in [2.05, 4.69) is 10.3 Å². The van der Waals surface area contributed by atoms with Crippen LogP contribution in [0.3, 0.4) is 0 Å². The minimum Gasteiger partial charge on any atom is -0.394 e. The Morgan fingerprint density at radius 1 is 1.55 bits per heavy atom. The molecule has 0 atom stereocenters. The van der Waals surface area contributed by atoms with Crippen LogP contribution in [0.5, 0.6) is 0 Å². The summed E-state index contributed by atoms with van der Waals surface area (Å²) in [6, 6.07) is 1.06. The van der Waals surface area contributed by atoms with Crippen LogP contribution in [0.25, 0.3) is 0 Å². The maximum atomic E-state index is 12.1. The van der Waals surface area contributed by atoms with Crippen molar-refractivity contribution in [2.75, 3.05) is 13.2 Å². The molecule has 0 aromatic carbocycles. The molecule has 20 heavy (non-hydrogen) atoms. The third-order valence-corrected chi connectivity index (χ3v) is 3.16. The lowest BCUT2D eigenvalue weighted by Crippen LogP contribution is -2.53. The van der Waals surface area contributed by atoms with Gasteiger partial charge in [-0.05, 0) is 12.5 Å². The van der Waals surface area contributed by atoms with Crippen molar-refractivity contribution in [2.45, 2.75) is 18.9 Å². The fourth-order valence-electron chi connectivity index (χ4n) is 1.50. The summed E-state index contributed by atoms with van der Waals surface area (Å²) in [6.45, 7) is 0.650. The molecule has 0 saturated heterocycles. The molecule has 110 valence electrons. The minimum atomic E-state index is -1.25. The first-order chi connectivity index (χ1) is 9.39. The van der Waals surface area contributed by atoms with Crippen LogP contribution in [0.1, 0.15) is 23.7 Å². The third kappa shape index (κ3) is 3.41. The van der Waals surface area contributed by atoms with E-state index in [1.54, 1.807) is 6.92 Å². The highest BCUT2D eigenvalue weighted by Gasteiger charge is 2.31. The Hall–Kier alpha value is -1.77. The van der Waals surface area contributed by atoms with Crippen LogP contribution < -0.4 is 5.32 Å². The Morgan fingerprint density at radius 2 is 2.15 bits per heavy atom. The molecule has 0 aliphatic heterocycles. The van der Waals surface area contributed by atoms with Crippen LogP contribution in [0.2, 0.25) is 5.15 Å². The molecule has 8 nitrogen and oxygen atoms in total. The molecule has 0 unspecified atom stereocenters. The van der Waals surface area contributed by atoms with Crippen molar-refractivity contribution in [3.8, 4) is 0 Å². The number of aliphatic hydroxyl groups excluding tert-OH is 2. The standard InChI is InChI=1S/C11H14ClN3O5/c1-2-11(5-16,6-17)14-10(18)7-3-9(12)13-4-8(7)15(19)20/h3-4,16-17H,2,5-6H2,1H3,(H,14,18). The van der Waals surface area contributed by atoms with Crippen molar-refractivity contribution in [3.63, 3.8) is 0 Å². The van der Waals surface area contributed by atoms with Gasteiger partial charge in [0.1, 0.15) is 16.9 Å². The van der Waals surface area contributed by atoms with Crippen molar-refractivity contribution >= 4 is 23.2 Å². The summed E-state index contributed by atoms with van der Waals surface area (Å²) in [5, 5.41) is 31.7. The topological polar surface area (TPSA) is 126 Å². The van der Waals surface area contributed by atoms with E-state index in [9.17, 15) is 25.1 Å². The highest BCUT2D eigenvalue weighted by molar-refractivity contribution is 6.29. The Labute approximate surface area is 119 Å². The van der Waals surface area contributed by atoms with E-state index < -0.39 is 35.3 Å². The van der Waals surface area contributed by atoms with Crippen molar-refractivity contribution in [1.29, 1.82) is 0 Å². The molecule has 0 spiro atoms. The van der Waals surface area contributed by atoms with Crippen LogP contribution in [-0.4, -0.2) is 44.8 Å². The average Bonchev–Trinajstić information content (AvgIpc) is 2.44. The molecule has 1 aromatic rings. The Balaban J connectivity index is 3.15. The molecule has 0 bridgehead atoms. The monoisotopic (exact) mass is 303 g/mol. The zero-order valence-electron chi connectivity index (χ0n) is 10.7. The van der Waals surface area contributed by atoms with E-state index in [4.69, 9.17) is 11.6 Å². The molecule has 1 amide bonds. The number of hydrogen-bond donors (Lipinski definition) is 3. The summed E-state index contributed by atoms with van der Waals surface area (Å²) in [5.41, 5.74) is -2.04. The molecular weight excluding hydrogens is 290 g/mol. The summed E-state index contributed by atoms with van der Waals surface area (Å²) in [7, 11) is 0. The second-order valence-electron chi connectivity index (χ2n) is 4.19. The van der Waals surface area contributed by atoms with E-state index in [1.165, 1.54) is 0 Å². The Bertz CT molecular complexity index is 511. The number of carbonyl (C=O) groups is 1. The maximum Gasteiger partial charge on any atom is 0.300 e. The van der Waals surface area contributed by atoms with Gasteiger partial charge in [-0.3, -0.25) is 14.9 Å². The van der Waals surface area contributed by atoms with E-state index >= 15 is 0 Å². The van der Waals surface area contributed by atoms with Gasteiger partial charge in [0.05, 0.1) is 23.7 Å². The molecule has 3 N–H and O–H groups in total. The number of aliphatic hydroxyl groups is 2. The van der Waals surface area contributed by atoms with Gasteiger partial charge in [-0.2, -0.15) is 0 Å². The van der Waals surface area contributed by atoms with Gasteiger partial charge in [-0.1, -0.05) is 18.5 Å². The quantitative estimate of drug-likeness (QED) is 0.399. The van der Waals surface area contributed by atoms with Gasteiger partial charge in [0.2, 0.25) is 0 Å². The Morgan fingerprint density at radius 3 is 2.60 bits per heavy atom. The van der Waals surface area contributed by atoms with E-state index in [-0.39, 0.29) is 17.1 Å². The number of rotatable bonds is 6. The van der Waals surface area contributed by atoms with Crippen LogP contribution in [-0.2, 0) is 0 Å². The Kier molecular flexibility index (Phi) is 5.37. The van der Waals surface area contributed by atoms with Crippen molar-refractivity contribution in [2.24, 2.45) is 0 Å². The lowest BCUT2D eigenvalue weighted by Gasteiger charge is -2.29. The highest BCUT2D eigenvalue weighted by Crippen LogP contribution is 2.21. The third-order valence-electron chi connectivity index (χ3n) is 2.95. The first kappa shape index (κ1) is 16.3. The second-order valence-corrected chi connectivity index (χ2v) is 4.57. The number of amides is 1. The molecule has 1 heterocycles. The van der Waals surface area contributed by atoms with E-state index in [0.717, 1.165) is 12.3 Å². The number of hydrogen-bond acceptors (Lipinski definition) is 6. The van der Waals surface area contributed by atoms with Gasteiger partial charge in [-0.25, -0.2) is 4.98 Å². The van der Waals surface area contributed by atoms with Crippen LogP contribution in [0.4, 0.5) is 5.69 Å². The SMILES string of the molecule is CCC(CO)(CO)NC(=O)c1cc(Cl)ncc1[N+](=O)[O-]. The summed E-state index contributed by atoms with van der Waals surface area (Å²) >= 11 is 5.63. The maximum absolute atomic E-state index is 12.1. The molecular formula is C11H14ClN3O5. The number of pyridine rings is 1. The van der Waals surface area contributed by atoms with Gasteiger partial charge in [0.25, 0.3) is 11.6 Å². The predicted molar refractivity (Wildman–Crippen MR) is 70.6 cm³/mol. The van der Waals surface area contributed by atoms with E-state index in [1.807, 2.05) is 0 Å². The van der Waals surface area contributed by atoms with Crippen LogP contribution >= 0.6 is 11.6 Å². The highest BCUT2D eigenvalue weighted by atomic mass is 35.5. The zero-order valence-corrected chi connectivity index (χ0v) is 11.4. The lowest BCUT2D eigenvalue weighted by atomic mass is 9.98. The van der Waals surface area contributed by atoms with Crippen LogP contribution in [0, 0.1) is 10.1 Å². The summed E-state index contributed by atoms with van der Waals surface area (Å²) in [4.78, 5) is 25.7. The van der Waals surface area contributed by atoms with Crippen LogP contribution in [0.15, 0.2) is 12.3 Å². The van der Waals surface area contributed by atoms with Gasteiger partial charge in [-0.15, -0.1) is 0 Å². The molecule has 1 aromatic heterocycles. The summed E-state index contributed by atoms with van der Waals surface area (Å²) in [5.74, 6) is -0.814. The summed E-state index contributed by atoms with van der Waals surface area (Å²) in [6.07, 6.45) is 1.13. The fourth-order valence-corrected chi connectivity index (χ4v) is 1.66. The van der Waals surface area contributed by atoms with E-state index in [0.29, 0.717) is 0 Å². The zero-order chi connectivity index (χ0) is 15.3. The summed E-state index contributed by atoms with van der Waals surface area (Å²) < 4.78 is 0. The number of aromatic nitrogens is 1. The molecule has 1 rings (SSSR count). The number of carbonyl (C=O) groups excluding carboxylic acids is 1. The lowest BCUT2D eigenvalue weighted by molar-refractivity contribution is -0.385. The number of nitro groups is 1. The molecule has 0 saturated carbocycles. The normalized spacial score (nSPS) is 11.2. The molecule has 0 radical (unpaired) electrons. The number of nitrogens with zero attached hydrogens (tertiary/aromatic N) is 2. The fraction of sp³-hybridized carbons (Fsp3) is 0.455. The number of halogens is 1. The molecule has 0 aliphatic rings. The van der Waals surface area contributed by atoms with Crippen molar-refractivity contribution in [1.82, 2.24) is 10.3 Å². The number of nitrogens with one attached hydrogen (secondary N) is 1. The first-order valence-corrected chi connectivity index (χ1v) is 6.11. The minimum absolute atomic E-state index is 0.0733.